The van der Waals surface area contributed by atoms with E-state index in [1.807, 2.05) is 30.1 Å². The Morgan fingerprint density at radius 3 is 2.87 bits per heavy atom. The number of rotatable bonds is 7. The molecule has 1 fully saturated rings. The first-order chi connectivity index (χ1) is 11.3. The Kier molecular flexibility index (Phi) is 5.43. The maximum atomic E-state index is 5.96. The van der Waals surface area contributed by atoms with Gasteiger partial charge >= 0.3 is 0 Å². The third-order valence-electron chi connectivity index (χ3n) is 4.38. The SMILES string of the molecule is COC[C@H](Cc1ccccc1)N[C@H]1CCO[C@@H]1c1ccnn1C. The number of nitrogens with one attached hydrogen (secondary N) is 1. The van der Waals surface area contributed by atoms with Crippen LogP contribution in [-0.4, -0.2) is 42.2 Å². The molecule has 1 aromatic heterocycles. The number of methoxy groups -OCH3 is 1. The molecule has 0 amide bonds. The monoisotopic (exact) mass is 315 g/mol. The summed E-state index contributed by atoms with van der Waals surface area (Å²) >= 11 is 0. The van der Waals surface area contributed by atoms with Crippen LogP contribution in [0.3, 0.4) is 0 Å². The first kappa shape index (κ1) is 16.2. The lowest BCUT2D eigenvalue weighted by Crippen LogP contribution is -2.44. The van der Waals surface area contributed by atoms with Crippen molar-refractivity contribution in [3.8, 4) is 0 Å². The highest BCUT2D eigenvalue weighted by molar-refractivity contribution is 5.16. The average molecular weight is 315 g/mol. The predicted molar refractivity (Wildman–Crippen MR) is 89.3 cm³/mol. The molecule has 124 valence electrons. The smallest absolute Gasteiger partial charge is 0.114 e. The molecule has 0 saturated carbocycles. The van der Waals surface area contributed by atoms with Crippen LogP contribution in [0.4, 0.5) is 0 Å². The molecule has 1 aliphatic rings. The average Bonchev–Trinajstić information content (AvgIpc) is 3.17. The van der Waals surface area contributed by atoms with Crippen molar-refractivity contribution in [1.82, 2.24) is 15.1 Å². The van der Waals surface area contributed by atoms with E-state index in [0.717, 1.165) is 25.1 Å². The topological polar surface area (TPSA) is 48.3 Å². The molecule has 0 unspecified atom stereocenters. The summed E-state index contributed by atoms with van der Waals surface area (Å²) in [5, 5.41) is 8.00. The van der Waals surface area contributed by atoms with Gasteiger partial charge < -0.3 is 14.8 Å². The molecular weight excluding hydrogens is 290 g/mol. The maximum absolute atomic E-state index is 5.96. The van der Waals surface area contributed by atoms with E-state index in [1.54, 1.807) is 7.11 Å². The molecule has 1 aromatic carbocycles. The van der Waals surface area contributed by atoms with Gasteiger partial charge in [-0.15, -0.1) is 0 Å². The minimum absolute atomic E-state index is 0.0534. The third-order valence-corrected chi connectivity index (χ3v) is 4.38. The van der Waals surface area contributed by atoms with Gasteiger partial charge in [0.1, 0.15) is 6.10 Å². The van der Waals surface area contributed by atoms with E-state index in [9.17, 15) is 0 Å². The second kappa shape index (κ2) is 7.73. The molecule has 1 saturated heterocycles. The van der Waals surface area contributed by atoms with Crippen LogP contribution in [0, 0.1) is 0 Å². The summed E-state index contributed by atoms with van der Waals surface area (Å²) < 4.78 is 13.3. The minimum Gasteiger partial charge on any atom is -0.383 e. The summed E-state index contributed by atoms with van der Waals surface area (Å²) in [5.74, 6) is 0. The molecule has 3 rings (SSSR count). The second-order valence-corrected chi connectivity index (χ2v) is 6.07. The molecule has 1 N–H and O–H groups in total. The molecule has 0 spiro atoms. The van der Waals surface area contributed by atoms with Crippen molar-refractivity contribution in [3.05, 3.63) is 53.9 Å². The van der Waals surface area contributed by atoms with Gasteiger partial charge in [0.15, 0.2) is 0 Å². The minimum atomic E-state index is 0.0534. The normalized spacial score (nSPS) is 22.3. The van der Waals surface area contributed by atoms with Gasteiger partial charge in [0.2, 0.25) is 0 Å². The molecule has 23 heavy (non-hydrogen) atoms. The van der Waals surface area contributed by atoms with Crippen molar-refractivity contribution < 1.29 is 9.47 Å². The molecule has 2 heterocycles. The largest absolute Gasteiger partial charge is 0.383 e. The highest BCUT2D eigenvalue weighted by Crippen LogP contribution is 2.29. The highest BCUT2D eigenvalue weighted by atomic mass is 16.5. The van der Waals surface area contributed by atoms with Gasteiger partial charge in [0.05, 0.1) is 12.3 Å². The Balaban J connectivity index is 1.68. The Morgan fingerprint density at radius 2 is 2.17 bits per heavy atom. The van der Waals surface area contributed by atoms with Gasteiger partial charge in [0.25, 0.3) is 0 Å². The van der Waals surface area contributed by atoms with Gasteiger partial charge in [0, 0.05) is 39.0 Å². The Bertz CT molecular complexity index is 599. The molecule has 0 bridgehead atoms. The van der Waals surface area contributed by atoms with E-state index in [1.165, 1.54) is 5.56 Å². The first-order valence-electron chi connectivity index (χ1n) is 8.16. The number of hydrogen-bond acceptors (Lipinski definition) is 4. The number of aryl methyl sites for hydroxylation is 1. The van der Waals surface area contributed by atoms with Gasteiger partial charge in [-0.1, -0.05) is 30.3 Å². The lowest BCUT2D eigenvalue weighted by Gasteiger charge is -2.26. The lowest BCUT2D eigenvalue weighted by atomic mass is 10.0. The molecular formula is C18H25N3O2. The zero-order valence-electron chi connectivity index (χ0n) is 13.8. The van der Waals surface area contributed by atoms with Gasteiger partial charge in [-0.3, -0.25) is 4.68 Å². The van der Waals surface area contributed by atoms with Crippen molar-refractivity contribution in [2.45, 2.75) is 31.0 Å². The fourth-order valence-corrected chi connectivity index (χ4v) is 3.28. The maximum Gasteiger partial charge on any atom is 0.114 e. The Morgan fingerprint density at radius 1 is 1.35 bits per heavy atom. The summed E-state index contributed by atoms with van der Waals surface area (Å²) in [6, 6.07) is 13.1. The molecule has 3 atom stereocenters. The molecule has 0 aliphatic carbocycles. The molecule has 1 aliphatic heterocycles. The fourth-order valence-electron chi connectivity index (χ4n) is 3.28. The van der Waals surface area contributed by atoms with Crippen LogP contribution in [0.1, 0.15) is 23.8 Å². The van der Waals surface area contributed by atoms with Crippen LogP contribution in [0.5, 0.6) is 0 Å². The zero-order valence-corrected chi connectivity index (χ0v) is 13.8. The summed E-state index contributed by atoms with van der Waals surface area (Å²) in [6.07, 6.45) is 3.83. The zero-order chi connectivity index (χ0) is 16.1. The standard InChI is InChI=1S/C18H25N3O2/c1-21-17(8-10-19-21)18-16(9-11-23-18)20-15(13-22-2)12-14-6-4-3-5-7-14/h3-8,10,15-16,18,20H,9,11-13H2,1-2H3/t15-,16-,18-/m0/s1. The second-order valence-electron chi connectivity index (χ2n) is 6.07. The highest BCUT2D eigenvalue weighted by Gasteiger charge is 2.33. The van der Waals surface area contributed by atoms with Crippen LogP contribution < -0.4 is 5.32 Å². The summed E-state index contributed by atoms with van der Waals surface area (Å²) in [4.78, 5) is 0. The summed E-state index contributed by atoms with van der Waals surface area (Å²) in [6.45, 7) is 1.46. The van der Waals surface area contributed by atoms with Gasteiger partial charge in [-0.25, -0.2) is 0 Å². The van der Waals surface area contributed by atoms with Crippen molar-refractivity contribution >= 4 is 0 Å². The number of benzene rings is 1. The fraction of sp³-hybridized carbons (Fsp3) is 0.500. The van der Waals surface area contributed by atoms with E-state index in [4.69, 9.17) is 9.47 Å². The number of nitrogens with zero attached hydrogens (tertiary/aromatic N) is 2. The van der Waals surface area contributed by atoms with Crippen molar-refractivity contribution in [2.75, 3.05) is 20.3 Å². The summed E-state index contributed by atoms with van der Waals surface area (Å²) in [7, 11) is 3.72. The first-order valence-corrected chi connectivity index (χ1v) is 8.16. The number of ether oxygens (including phenoxy) is 2. The molecule has 0 radical (unpaired) electrons. The molecule has 2 aromatic rings. The number of hydrogen-bond donors (Lipinski definition) is 1. The van der Waals surface area contributed by atoms with E-state index < -0.39 is 0 Å². The predicted octanol–water partition coefficient (Wildman–Crippen LogP) is 2.10. The van der Waals surface area contributed by atoms with E-state index >= 15 is 0 Å². The Hall–Kier alpha value is -1.69. The van der Waals surface area contributed by atoms with Crippen LogP contribution in [0.25, 0.3) is 0 Å². The summed E-state index contributed by atoms with van der Waals surface area (Å²) in [5.41, 5.74) is 2.44. The lowest BCUT2D eigenvalue weighted by molar-refractivity contribution is 0.0841. The van der Waals surface area contributed by atoms with E-state index in [-0.39, 0.29) is 18.2 Å². The van der Waals surface area contributed by atoms with Crippen LogP contribution in [0.2, 0.25) is 0 Å². The van der Waals surface area contributed by atoms with Crippen molar-refractivity contribution in [2.24, 2.45) is 7.05 Å². The van der Waals surface area contributed by atoms with Gasteiger partial charge in [-0.05, 0) is 24.5 Å². The van der Waals surface area contributed by atoms with Crippen LogP contribution in [0.15, 0.2) is 42.6 Å². The van der Waals surface area contributed by atoms with Crippen molar-refractivity contribution in [3.63, 3.8) is 0 Å². The van der Waals surface area contributed by atoms with Crippen LogP contribution in [-0.2, 0) is 22.9 Å². The molecule has 5 heteroatoms. The van der Waals surface area contributed by atoms with Crippen molar-refractivity contribution in [1.29, 1.82) is 0 Å². The van der Waals surface area contributed by atoms with Gasteiger partial charge in [-0.2, -0.15) is 5.10 Å². The van der Waals surface area contributed by atoms with Crippen LogP contribution >= 0.6 is 0 Å². The Labute approximate surface area is 137 Å². The quantitative estimate of drug-likeness (QED) is 0.850. The third kappa shape index (κ3) is 3.99. The van der Waals surface area contributed by atoms with E-state index in [0.29, 0.717) is 6.61 Å². The number of aromatic nitrogens is 2. The molecule has 5 nitrogen and oxygen atoms in total. The van der Waals surface area contributed by atoms with E-state index in [2.05, 4.69) is 34.7 Å².